The van der Waals surface area contributed by atoms with Crippen LogP contribution in [0, 0.1) is 5.92 Å². The number of ether oxygens (including phenoxy) is 2. The second-order valence-corrected chi connectivity index (χ2v) is 6.25. The molecule has 1 N–H and O–H groups in total. The number of benzene rings is 2. The molecule has 0 saturated heterocycles. The van der Waals surface area contributed by atoms with Crippen molar-refractivity contribution in [2.75, 3.05) is 7.11 Å². The quantitative estimate of drug-likeness (QED) is 0.614. The average Bonchev–Trinajstić information content (AvgIpc) is 3.47. The molecule has 3 rings (SSSR count). The lowest BCUT2D eigenvalue weighted by atomic mass is 10.2. The van der Waals surface area contributed by atoms with E-state index >= 15 is 0 Å². The van der Waals surface area contributed by atoms with E-state index in [2.05, 4.69) is 11.7 Å². The van der Waals surface area contributed by atoms with Crippen LogP contribution in [0.2, 0.25) is 0 Å². The fourth-order valence-corrected chi connectivity index (χ4v) is 2.50. The summed E-state index contributed by atoms with van der Waals surface area (Å²) in [6.45, 7) is 2.14. The Morgan fingerprint density at radius 3 is 2.56 bits per heavy atom. The minimum absolute atomic E-state index is 0.0629. The molecule has 0 radical (unpaired) electrons. The molecule has 2 aromatic rings. The van der Waals surface area contributed by atoms with E-state index in [1.807, 2.05) is 24.3 Å². The number of hydrogen-bond donors (Lipinski definition) is 1. The Morgan fingerprint density at radius 2 is 1.96 bits per heavy atom. The Balaban J connectivity index is 0.000000186. The fourth-order valence-electron chi connectivity index (χ4n) is 2.33. The molecule has 0 aromatic heterocycles. The van der Waals surface area contributed by atoms with Crippen molar-refractivity contribution in [2.24, 2.45) is 5.92 Å². The average molecular weight is 363 g/mol. The van der Waals surface area contributed by atoms with Crippen molar-refractivity contribution < 1.29 is 19.4 Å². The first-order valence-corrected chi connectivity index (χ1v) is 8.76. The number of rotatable bonds is 5. The van der Waals surface area contributed by atoms with Gasteiger partial charge in [0.25, 0.3) is 0 Å². The van der Waals surface area contributed by atoms with E-state index in [4.69, 9.17) is 21.4 Å². The lowest BCUT2D eigenvalue weighted by Gasteiger charge is -2.14. The Hall–Kier alpha value is -2.20. The molecule has 0 heterocycles. The topological polar surface area (TPSA) is 55.8 Å². The van der Waals surface area contributed by atoms with E-state index < -0.39 is 5.97 Å². The van der Waals surface area contributed by atoms with Crippen LogP contribution in [-0.2, 0) is 10.6 Å². The molecule has 2 aromatic carbocycles. The number of phenols is 1. The molecular formula is C20H23ClO4. The normalized spacial score (nSPS) is 14.0. The Bertz CT molecular complexity index is 698. The largest absolute Gasteiger partial charge is 0.508 e. The molecule has 1 aliphatic carbocycles. The van der Waals surface area contributed by atoms with Gasteiger partial charge in [0.15, 0.2) is 0 Å². The van der Waals surface area contributed by atoms with Gasteiger partial charge < -0.3 is 14.6 Å². The van der Waals surface area contributed by atoms with Crippen LogP contribution in [0.25, 0.3) is 0 Å². The minimum Gasteiger partial charge on any atom is -0.508 e. The molecule has 1 fully saturated rings. The molecule has 0 bridgehead atoms. The first-order valence-electron chi connectivity index (χ1n) is 8.22. The lowest BCUT2D eigenvalue weighted by Crippen LogP contribution is -2.13. The summed E-state index contributed by atoms with van der Waals surface area (Å²) in [5.41, 5.74) is 1.47. The monoisotopic (exact) mass is 362 g/mol. The Labute approximate surface area is 153 Å². The van der Waals surface area contributed by atoms with E-state index in [0.29, 0.717) is 17.5 Å². The zero-order chi connectivity index (χ0) is 18.2. The zero-order valence-electron chi connectivity index (χ0n) is 14.4. The second-order valence-electron chi connectivity index (χ2n) is 5.98. The summed E-state index contributed by atoms with van der Waals surface area (Å²) in [6.07, 6.45) is 2.98. The van der Waals surface area contributed by atoms with Crippen LogP contribution in [0.3, 0.4) is 0 Å². The van der Waals surface area contributed by atoms with Crippen LogP contribution < -0.4 is 4.74 Å². The van der Waals surface area contributed by atoms with Gasteiger partial charge >= 0.3 is 5.97 Å². The minimum atomic E-state index is -0.444. The van der Waals surface area contributed by atoms with Gasteiger partial charge in [-0.25, -0.2) is 4.79 Å². The molecule has 1 aliphatic rings. The van der Waals surface area contributed by atoms with Crippen LogP contribution in [0.15, 0.2) is 48.5 Å². The van der Waals surface area contributed by atoms with Gasteiger partial charge in [-0.2, -0.15) is 0 Å². The lowest BCUT2D eigenvalue weighted by molar-refractivity contribution is 0.0600. The number of aromatic hydroxyl groups is 1. The molecule has 5 heteroatoms. The van der Waals surface area contributed by atoms with Crippen LogP contribution in [-0.4, -0.2) is 24.3 Å². The predicted octanol–water partition coefficient (Wildman–Crippen LogP) is 4.78. The van der Waals surface area contributed by atoms with Gasteiger partial charge in [0.1, 0.15) is 11.5 Å². The maximum absolute atomic E-state index is 10.8. The molecule has 1 unspecified atom stereocenters. The number of halogens is 1. The van der Waals surface area contributed by atoms with Crippen molar-refractivity contribution in [3.8, 4) is 11.5 Å². The maximum atomic E-state index is 10.8. The SMILES string of the molecule is CC(Oc1cccc(CCl)c1)C1CC1.COC(=O)c1cccc(O)c1. The molecule has 0 spiro atoms. The van der Waals surface area contributed by atoms with Crippen molar-refractivity contribution in [3.63, 3.8) is 0 Å². The molecule has 25 heavy (non-hydrogen) atoms. The third-order valence-electron chi connectivity index (χ3n) is 3.93. The Morgan fingerprint density at radius 1 is 1.24 bits per heavy atom. The van der Waals surface area contributed by atoms with Gasteiger partial charge in [0.05, 0.1) is 18.8 Å². The molecule has 1 atom stereocenters. The molecule has 0 aliphatic heterocycles. The van der Waals surface area contributed by atoms with Crippen molar-refractivity contribution in [3.05, 3.63) is 59.7 Å². The highest BCUT2D eigenvalue weighted by Crippen LogP contribution is 2.34. The standard InChI is InChI=1S/C12H15ClO.C8H8O3/c1-9(11-5-6-11)14-12-4-2-3-10(7-12)8-13;1-11-8(10)6-3-2-4-7(9)5-6/h2-4,7,9,11H,5-6,8H2,1H3;2-5,9H,1H3. The maximum Gasteiger partial charge on any atom is 0.337 e. The van der Waals surface area contributed by atoms with E-state index in [9.17, 15) is 4.79 Å². The van der Waals surface area contributed by atoms with E-state index in [1.165, 1.54) is 32.1 Å². The van der Waals surface area contributed by atoms with Gasteiger partial charge in [-0.1, -0.05) is 18.2 Å². The predicted molar refractivity (Wildman–Crippen MR) is 98.3 cm³/mol. The Kier molecular flexibility index (Phi) is 7.14. The van der Waals surface area contributed by atoms with Crippen LogP contribution >= 0.6 is 11.6 Å². The second kappa shape index (κ2) is 9.33. The van der Waals surface area contributed by atoms with E-state index in [1.54, 1.807) is 12.1 Å². The summed E-state index contributed by atoms with van der Waals surface area (Å²) < 4.78 is 10.3. The fraction of sp³-hybridized carbons (Fsp3) is 0.350. The van der Waals surface area contributed by atoms with Crippen molar-refractivity contribution in [1.29, 1.82) is 0 Å². The number of carbonyl (C=O) groups excluding carboxylic acids is 1. The van der Waals surface area contributed by atoms with Crippen LogP contribution in [0.4, 0.5) is 0 Å². The van der Waals surface area contributed by atoms with Gasteiger partial charge in [-0.15, -0.1) is 11.6 Å². The molecule has 0 amide bonds. The summed E-state index contributed by atoms with van der Waals surface area (Å²) in [7, 11) is 1.30. The van der Waals surface area contributed by atoms with Crippen molar-refractivity contribution >= 4 is 17.6 Å². The van der Waals surface area contributed by atoms with E-state index in [-0.39, 0.29) is 5.75 Å². The summed E-state index contributed by atoms with van der Waals surface area (Å²) in [5.74, 6) is 1.89. The molecular weight excluding hydrogens is 340 g/mol. The van der Waals surface area contributed by atoms with Crippen LogP contribution in [0.1, 0.15) is 35.7 Å². The third-order valence-corrected chi connectivity index (χ3v) is 4.24. The van der Waals surface area contributed by atoms with Gasteiger partial charge in [0, 0.05) is 5.88 Å². The third kappa shape index (κ3) is 6.31. The summed E-state index contributed by atoms with van der Waals surface area (Å²) >= 11 is 5.75. The van der Waals surface area contributed by atoms with Crippen molar-refractivity contribution in [2.45, 2.75) is 31.7 Å². The van der Waals surface area contributed by atoms with Crippen LogP contribution in [0.5, 0.6) is 11.5 Å². The first kappa shape index (κ1) is 19.1. The number of carbonyl (C=O) groups is 1. The van der Waals surface area contributed by atoms with Gasteiger partial charge in [-0.3, -0.25) is 0 Å². The zero-order valence-corrected chi connectivity index (χ0v) is 15.2. The van der Waals surface area contributed by atoms with Crippen molar-refractivity contribution in [1.82, 2.24) is 0 Å². The summed E-state index contributed by atoms with van der Waals surface area (Å²) in [6, 6.07) is 14.0. The van der Waals surface area contributed by atoms with Gasteiger partial charge in [0.2, 0.25) is 0 Å². The highest BCUT2D eigenvalue weighted by atomic mass is 35.5. The summed E-state index contributed by atoms with van der Waals surface area (Å²) in [5, 5.41) is 8.95. The molecule has 4 nitrogen and oxygen atoms in total. The number of methoxy groups -OCH3 is 1. The number of hydrogen-bond acceptors (Lipinski definition) is 4. The summed E-state index contributed by atoms with van der Waals surface area (Å²) in [4.78, 5) is 10.8. The number of esters is 1. The molecule has 134 valence electrons. The number of phenolic OH excluding ortho intramolecular Hbond substituents is 1. The van der Waals surface area contributed by atoms with Gasteiger partial charge in [-0.05, 0) is 61.6 Å². The first-order chi connectivity index (χ1) is 12.0. The highest BCUT2D eigenvalue weighted by molar-refractivity contribution is 6.17. The number of alkyl halides is 1. The molecule has 1 saturated carbocycles. The smallest absolute Gasteiger partial charge is 0.337 e. The highest BCUT2D eigenvalue weighted by Gasteiger charge is 2.29. The van der Waals surface area contributed by atoms with E-state index in [0.717, 1.165) is 17.2 Å².